The molecule has 0 spiro atoms. The maximum atomic E-state index is 12.3. The number of halogens is 3. The zero-order chi connectivity index (χ0) is 10.6. The van der Waals surface area contributed by atoms with Crippen molar-refractivity contribution in [3.8, 4) is 0 Å². The Kier molecular flexibility index (Phi) is 1.70. The fraction of sp³-hybridized carbons (Fsp3) is 0.625. The molecule has 3 nitrogen and oxygen atoms in total. The highest BCUT2D eigenvalue weighted by atomic mass is 19.4. The van der Waals surface area contributed by atoms with E-state index in [2.05, 4.69) is 5.10 Å². The van der Waals surface area contributed by atoms with E-state index >= 15 is 0 Å². The summed E-state index contributed by atoms with van der Waals surface area (Å²) in [4.78, 5) is 0. The summed E-state index contributed by atoms with van der Waals surface area (Å²) in [6.07, 6.45) is -4.39. The first-order valence-electron chi connectivity index (χ1n) is 4.09. The van der Waals surface area contributed by atoms with Gasteiger partial charge in [0.1, 0.15) is 5.60 Å². The number of aromatic nitrogens is 2. The fourth-order valence-electron chi connectivity index (χ4n) is 1.36. The number of nitrogens with zero attached hydrogens (tertiary/aromatic N) is 2. The largest absolute Gasteiger partial charge is 0.435 e. The highest BCUT2D eigenvalue weighted by molar-refractivity contribution is 5.22. The van der Waals surface area contributed by atoms with Crippen molar-refractivity contribution in [3.05, 3.63) is 17.5 Å². The lowest BCUT2D eigenvalue weighted by Gasteiger charge is -2.03. The van der Waals surface area contributed by atoms with Crippen molar-refractivity contribution < 1.29 is 17.9 Å². The van der Waals surface area contributed by atoms with E-state index in [4.69, 9.17) is 4.74 Å². The van der Waals surface area contributed by atoms with Crippen LogP contribution < -0.4 is 0 Å². The van der Waals surface area contributed by atoms with E-state index in [-0.39, 0.29) is 0 Å². The molecular formula is C8H9F3N2O. The number of hydrogen-bond acceptors (Lipinski definition) is 2. The molecule has 0 aliphatic carbocycles. The predicted molar refractivity (Wildman–Crippen MR) is 41.5 cm³/mol. The first kappa shape index (κ1) is 9.51. The Balaban J connectivity index is 2.40. The highest BCUT2D eigenvalue weighted by Gasteiger charge is 2.46. The molecule has 1 aliphatic heterocycles. The number of epoxide rings is 1. The second-order valence-corrected chi connectivity index (χ2v) is 3.56. The summed E-state index contributed by atoms with van der Waals surface area (Å²) in [5.74, 6) is 0. The van der Waals surface area contributed by atoms with Crippen LogP contribution in [0.5, 0.6) is 0 Å². The molecule has 1 saturated heterocycles. The minimum Gasteiger partial charge on any atom is -0.363 e. The molecule has 14 heavy (non-hydrogen) atoms. The Labute approximate surface area is 78.5 Å². The van der Waals surface area contributed by atoms with E-state index in [0.717, 1.165) is 6.07 Å². The molecule has 1 aromatic heterocycles. The van der Waals surface area contributed by atoms with Crippen LogP contribution in [0.1, 0.15) is 18.3 Å². The van der Waals surface area contributed by atoms with E-state index in [9.17, 15) is 13.2 Å². The third-order valence-corrected chi connectivity index (χ3v) is 2.29. The van der Waals surface area contributed by atoms with Crippen LogP contribution in [0.25, 0.3) is 0 Å². The third-order valence-electron chi connectivity index (χ3n) is 2.29. The van der Waals surface area contributed by atoms with Gasteiger partial charge >= 0.3 is 6.18 Å². The number of ether oxygens (including phenoxy) is 1. The van der Waals surface area contributed by atoms with Gasteiger partial charge in [-0.25, -0.2) is 0 Å². The number of hydrogen-bond donors (Lipinski definition) is 0. The standard InChI is InChI=1S/C8H9F3N2O/c1-7(4-14-7)6-3-5(8(9,10)11)12-13(6)2/h3H,4H2,1-2H3. The van der Waals surface area contributed by atoms with E-state index in [1.807, 2.05) is 0 Å². The number of rotatable bonds is 1. The molecule has 78 valence electrons. The van der Waals surface area contributed by atoms with Crippen LogP contribution in [0, 0.1) is 0 Å². The van der Waals surface area contributed by atoms with Gasteiger partial charge in [-0.1, -0.05) is 0 Å². The topological polar surface area (TPSA) is 30.4 Å². The lowest BCUT2D eigenvalue weighted by molar-refractivity contribution is -0.141. The van der Waals surface area contributed by atoms with Crippen molar-refractivity contribution in [1.82, 2.24) is 9.78 Å². The molecular weight excluding hydrogens is 197 g/mol. The average Bonchev–Trinajstić information content (AvgIpc) is 2.60. The van der Waals surface area contributed by atoms with Crippen molar-refractivity contribution >= 4 is 0 Å². The van der Waals surface area contributed by atoms with E-state index < -0.39 is 17.5 Å². The van der Waals surface area contributed by atoms with Crippen molar-refractivity contribution in [2.45, 2.75) is 18.7 Å². The first-order chi connectivity index (χ1) is 6.33. The summed E-state index contributed by atoms with van der Waals surface area (Å²) in [5.41, 5.74) is -0.984. The van der Waals surface area contributed by atoms with Crippen LogP contribution in [-0.4, -0.2) is 16.4 Å². The fourth-order valence-corrected chi connectivity index (χ4v) is 1.36. The van der Waals surface area contributed by atoms with Crippen LogP contribution in [0.2, 0.25) is 0 Å². The van der Waals surface area contributed by atoms with Gasteiger partial charge in [-0.2, -0.15) is 18.3 Å². The molecule has 1 aromatic rings. The summed E-state index contributed by atoms with van der Waals surface area (Å²) in [7, 11) is 1.48. The zero-order valence-electron chi connectivity index (χ0n) is 7.72. The average molecular weight is 206 g/mol. The van der Waals surface area contributed by atoms with Gasteiger partial charge in [0.05, 0.1) is 12.3 Å². The van der Waals surface area contributed by atoms with Crippen LogP contribution in [0.15, 0.2) is 6.07 Å². The maximum Gasteiger partial charge on any atom is 0.435 e. The number of aryl methyl sites for hydroxylation is 1. The lowest BCUT2D eigenvalue weighted by Crippen LogP contribution is -2.09. The normalized spacial score (nSPS) is 26.6. The molecule has 0 radical (unpaired) electrons. The Hall–Kier alpha value is -1.04. The van der Waals surface area contributed by atoms with Crippen molar-refractivity contribution in [1.29, 1.82) is 0 Å². The van der Waals surface area contributed by atoms with Crippen LogP contribution in [0.3, 0.4) is 0 Å². The Morgan fingerprint density at radius 2 is 2.14 bits per heavy atom. The van der Waals surface area contributed by atoms with E-state index in [1.54, 1.807) is 6.92 Å². The van der Waals surface area contributed by atoms with Crippen molar-refractivity contribution in [2.75, 3.05) is 6.61 Å². The van der Waals surface area contributed by atoms with Gasteiger partial charge in [-0.3, -0.25) is 4.68 Å². The molecule has 0 aromatic carbocycles. The van der Waals surface area contributed by atoms with Gasteiger partial charge in [0.15, 0.2) is 5.69 Å². The Morgan fingerprint density at radius 1 is 1.57 bits per heavy atom. The van der Waals surface area contributed by atoms with Gasteiger partial charge in [0.2, 0.25) is 0 Å². The Morgan fingerprint density at radius 3 is 2.50 bits per heavy atom. The van der Waals surface area contributed by atoms with Gasteiger partial charge in [0, 0.05) is 7.05 Å². The number of alkyl halides is 3. The van der Waals surface area contributed by atoms with E-state index in [1.165, 1.54) is 11.7 Å². The monoisotopic (exact) mass is 206 g/mol. The molecule has 0 amide bonds. The smallest absolute Gasteiger partial charge is 0.363 e. The molecule has 1 unspecified atom stereocenters. The van der Waals surface area contributed by atoms with Crippen LogP contribution >= 0.6 is 0 Å². The minimum atomic E-state index is -4.39. The van der Waals surface area contributed by atoms with Crippen molar-refractivity contribution in [2.24, 2.45) is 7.05 Å². The van der Waals surface area contributed by atoms with E-state index in [0.29, 0.717) is 12.3 Å². The predicted octanol–water partition coefficient (Wildman–Crippen LogP) is 1.68. The molecule has 1 atom stereocenters. The van der Waals surface area contributed by atoms with Crippen LogP contribution in [0.4, 0.5) is 13.2 Å². The molecule has 0 N–H and O–H groups in total. The molecule has 0 bridgehead atoms. The summed E-state index contributed by atoms with van der Waals surface area (Å²) in [6, 6.07) is 1.03. The third kappa shape index (κ3) is 1.39. The molecule has 6 heteroatoms. The molecule has 0 saturated carbocycles. The molecule has 1 aliphatic rings. The molecule has 1 fully saturated rings. The highest BCUT2D eigenvalue weighted by Crippen LogP contribution is 2.39. The van der Waals surface area contributed by atoms with Gasteiger partial charge in [-0.15, -0.1) is 0 Å². The SMILES string of the molecule is Cn1nc(C(F)(F)F)cc1C1(C)CO1. The summed E-state index contributed by atoms with van der Waals surface area (Å²) in [5, 5.41) is 3.40. The maximum absolute atomic E-state index is 12.3. The zero-order valence-corrected chi connectivity index (χ0v) is 7.72. The second-order valence-electron chi connectivity index (χ2n) is 3.56. The summed E-state index contributed by atoms with van der Waals surface area (Å²) < 4.78 is 43.1. The summed E-state index contributed by atoms with van der Waals surface area (Å²) >= 11 is 0. The molecule has 2 rings (SSSR count). The second kappa shape index (κ2) is 2.50. The minimum absolute atomic E-state index is 0.448. The lowest BCUT2D eigenvalue weighted by atomic mass is 10.1. The van der Waals surface area contributed by atoms with Crippen molar-refractivity contribution in [3.63, 3.8) is 0 Å². The first-order valence-corrected chi connectivity index (χ1v) is 4.09. The quantitative estimate of drug-likeness (QED) is 0.654. The van der Waals surface area contributed by atoms with Gasteiger partial charge in [-0.05, 0) is 13.0 Å². The molecule has 2 heterocycles. The summed E-state index contributed by atoms with van der Waals surface area (Å²) in [6.45, 7) is 2.19. The van der Waals surface area contributed by atoms with Gasteiger partial charge in [0.25, 0.3) is 0 Å². The van der Waals surface area contributed by atoms with Crippen LogP contribution in [-0.2, 0) is 23.6 Å². The van der Waals surface area contributed by atoms with Gasteiger partial charge < -0.3 is 4.74 Å². The Bertz CT molecular complexity index is 365.